The Morgan fingerprint density at radius 3 is 2.84 bits per heavy atom. The minimum atomic E-state index is 0.493. The number of nitrogens with zero attached hydrogens (tertiary/aromatic N) is 4. The van der Waals surface area contributed by atoms with E-state index in [9.17, 15) is 0 Å². The molecular weight excluding hydrogens is 390 g/mol. The summed E-state index contributed by atoms with van der Waals surface area (Å²) in [4.78, 5) is 7.27. The molecule has 1 aliphatic rings. The van der Waals surface area contributed by atoms with Crippen molar-refractivity contribution in [3.05, 3.63) is 71.9 Å². The fourth-order valence-electron chi connectivity index (χ4n) is 3.98. The molecule has 0 radical (unpaired) electrons. The number of hydrogen-bond acceptors (Lipinski definition) is 4. The highest BCUT2D eigenvalue weighted by molar-refractivity contribution is 5.80. The predicted octanol–water partition coefficient (Wildman–Crippen LogP) is 3.24. The molecule has 31 heavy (non-hydrogen) atoms. The Balaban J connectivity index is 1.37. The highest BCUT2D eigenvalue weighted by Crippen LogP contribution is 2.26. The molecule has 1 N–H and O–H groups in total. The number of furan rings is 1. The second kappa shape index (κ2) is 10.2. The highest BCUT2D eigenvalue weighted by atomic mass is 16.5. The lowest BCUT2D eigenvalue weighted by atomic mass is 10.0. The molecule has 0 saturated carbocycles. The van der Waals surface area contributed by atoms with Crippen molar-refractivity contribution >= 4 is 5.96 Å². The van der Waals surface area contributed by atoms with Crippen LogP contribution in [0, 0.1) is 0 Å². The zero-order valence-corrected chi connectivity index (χ0v) is 18.3. The minimum Gasteiger partial charge on any atom is -0.497 e. The van der Waals surface area contributed by atoms with Crippen LogP contribution in [0.15, 0.2) is 64.5 Å². The molecule has 0 bridgehead atoms. The molecule has 1 fully saturated rings. The first-order valence-corrected chi connectivity index (χ1v) is 10.9. The molecule has 2 aromatic heterocycles. The van der Waals surface area contributed by atoms with Gasteiger partial charge in [0.2, 0.25) is 0 Å². The standard InChI is InChI=1S/C24H31N5O2/c1-28-17-21(16-27-28)20-11-14-29(18-20)24(26-13-10-23-4-3-15-31-23)25-12-9-19-5-7-22(30-2)8-6-19/h3-8,15-17,20H,9-14,18H2,1-2H3,(H,25,26). The van der Waals surface area contributed by atoms with E-state index in [4.69, 9.17) is 14.1 Å². The van der Waals surface area contributed by atoms with Crippen LogP contribution < -0.4 is 10.1 Å². The number of aromatic nitrogens is 2. The van der Waals surface area contributed by atoms with E-state index in [2.05, 4.69) is 33.6 Å². The second-order valence-corrected chi connectivity index (χ2v) is 7.94. The van der Waals surface area contributed by atoms with Crippen molar-refractivity contribution in [3.8, 4) is 5.75 Å². The Hall–Kier alpha value is -3.22. The van der Waals surface area contributed by atoms with Gasteiger partial charge < -0.3 is 19.4 Å². The van der Waals surface area contributed by atoms with Crippen LogP contribution in [0.1, 0.15) is 29.2 Å². The lowest BCUT2D eigenvalue weighted by Gasteiger charge is -2.22. The van der Waals surface area contributed by atoms with Gasteiger partial charge in [-0.05, 0) is 48.2 Å². The van der Waals surface area contributed by atoms with Crippen LogP contribution >= 0.6 is 0 Å². The van der Waals surface area contributed by atoms with E-state index < -0.39 is 0 Å². The number of guanidine groups is 1. The van der Waals surface area contributed by atoms with Gasteiger partial charge in [0.1, 0.15) is 11.5 Å². The normalized spacial score (nSPS) is 16.6. The number of ether oxygens (including phenoxy) is 1. The number of methoxy groups -OCH3 is 1. The molecule has 7 heteroatoms. The summed E-state index contributed by atoms with van der Waals surface area (Å²) >= 11 is 0. The van der Waals surface area contributed by atoms with E-state index in [0.717, 1.165) is 56.4 Å². The van der Waals surface area contributed by atoms with Gasteiger partial charge in [-0.3, -0.25) is 9.67 Å². The van der Waals surface area contributed by atoms with Crippen LogP contribution in [0.5, 0.6) is 5.75 Å². The summed E-state index contributed by atoms with van der Waals surface area (Å²) in [5.41, 5.74) is 2.58. The van der Waals surface area contributed by atoms with Gasteiger partial charge in [0, 0.05) is 51.8 Å². The van der Waals surface area contributed by atoms with E-state index in [1.54, 1.807) is 13.4 Å². The lowest BCUT2D eigenvalue weighted by molar-refractivity contribution is 0.414. The van der Waals surface area contributed by atoms with Crippen molar-refractivity contribution in [1.29, 1.82) is 0 Å². The Labute approximate surface area is 183 Å². The van der Waals surface area contributed by atoms with Gasteiger partial charge in [-0.2, -0.15) is 5.10 Å². The molecule has 7 nitrogen and oxygen atoms in total. The number of rotatable bonds is 8. The summed E-state index contributed by atoms with van der Waals surface area (Å²) in [6.45, 7) is 3.49. The van der Waals surface area contributed by atoms with Gasteiger partial charge in [0.25, 0.3) is 0 Å². The lowest BCUT2D eigenvalue weighted by Crippen LogP contribution is -2.41. The zero-order valence-electron chi connectivity index (χ0n) is 18.3. The summed E-state index contributed by atoms with van der Waals surface area (Å²) < 4.78 is 12.6. The summed E-state index contributed by atoms with van der Waals surface area (Å²) in [6.07, 6.45) is 8.67. The fourth-order valence-corrected chi connectivity index (χ4v) is 3.98. The van der Waals surface area contributed by atoms with Gasteiger partial charge in [-0.1, -0.05) is 12.1 Å². The average molecular weight is 422 g/mol. The van der Waals surface area contributed by atoms with E-state index in [1.807, 2.05) is 42.2 Å². The van der Waals surface area contributed by atoms with Crippen molar-refractivity contribution in [2.24, 2.45) is 12.0 Å². The third-order valence-electron chi connectivity index (χ3n) is 5.74. The molecule has 1 unspecified atom stereocenters. The third kappa shape index (κ3) is 5.69. The molecule has 3 aromatic rings. The maximum absolute atomic E-state index is 5.45. The SMILES string of the molecule is COc1ccc(CCNC(=NCCc2ccco2)N2CCC(c3cnn(C)c3)C2)cc1. The Bertz CT molecular complexity index is 962. The number of hydrogen-bond donors (Lipinski definition) is 1. The molecule has 1 saturated heterocycles. The van der Waals surface area contributed by atoms with Gasteiger partial charge in [0.05, 0.1) is 19.6 Å². The summed E-state index contributed by atoms with van der Waals surface area (Å²) in [6, 6.07) is 12.2. The van der Waals surface area contributed by atoms with Crippen molar-refractivity contribution in [3.63, 3.8) is 0 Å². The molecule has 1 aromatic carbocycles. The van der Waals surface area contributed by atoms with E-state index in [0.29, 0.717) is 12.5 Å². The third-order valence-corrected chi connectivity index (χ3v) is 5.74. The maximum Gasteiger partial charge on any atom is 0.193 e. The topological polar surface area (TPSA) is 67.8 Å². The minimum absolute atomic E-state index is 0.493. The molecule has 0 amide bonds. The second-order valence-electron chi connectivity index (χ2n) is 7.94. The molecule has 4 rings (SSSR count). The smallest absolute Gasteiger partial charge is 0.193 e. The zero-order chi connectivity index (χ0) is 21.5. The van der Waals surface area contributed by atoms with E-state index >= 15 is 0 Å². The molecule has 3 heterocycles. The number of benzene rings is 1. The number of aliphatic imine (C=N–C) groups is 1. The first-order chi connectivity index (χ1) is 15.2. The number of nitrogens with one attached hydrogen (secondary N) is 1. The number of aryl methyl sites for hydroxylation is 1. The monoisotopic (exact) mass is 421 g/mol. The quantitative estimate of drug-likeness (QED) is 0.447. The first kappa shape index (κ1) is 21.0. The van der Waals surface area contributed by atoms with Crippen LogP contribution in [-0.4, -0.2) is 53.9 Å². The Morgan fingerprint density at radius 2 is 2.13 bits per heavy atom. The van der Waals surface area contributed by atoms with Gasteiger partial charge in [-0.25, -0.2) is 0 Å². The van der Waals surface area contributed by atoms with E-state index in [-0.39, 0.29) is 0 Å². The van der Waals surface area contributed by atoms with Crippen molar-refractivity contribution in [1.82, 2.24) is 20.0 Å². The molecule has 0 spiro atoms. The average Bonchev–Trinajstić information content (AvgIpc) is 3.55. The van der Waals surface area contributed by atoms with Crippen LogP contribution in [0.2, 0.25) is 0 Å². The molecule has 1 aliphatic heterocycles. The van der Waals surface area contributed by atoms with Crippen molar-refractivity contribution < 1.29 is 9.15 Å². The summed E-state index contributed by atoms with van der Waals surface area (Å²) in [5.74, 6) is 3.32. The first-order valence-electron chi connectivity index (χ1n) is 10.9. The summed E-state index contributed by atoms with van der Waals surface area (Å²) in [7, 11) is 3.66. The molecule has 0 aliphatic carbocycles. The fraction of sp³-hybridized carbons (Fsp3) is 0.417. The molecule has 1 atom stereocenters. The van der Waals surface area contributed by atoms with Gasteiger partial charge in [0.15, 0.2) is 5.96 Å². The molecular formula is C24H31N5O2. The van der Waals surface area contributed by atoms with Crippen molar-refractivity contribution in [2.45, 2.75) is 25.2 Å². The Kier molecular flexibility index (Phi) is 6.92. The van der Waals surface area contributed by atoms with Crippen LogP contribution in [0.25, 0.3) is 0 Å². The predicted molar refractivity (Wildman–Crippen MR) is 122 cm³/mol. The largest absolute Gasteiger partial charge is 0.497 e. The number of likely N-dealkylation sites (tertiary alicyclic amines) is 1. The van der Waals surface area contributed by atoms with Crippen LogP contribution in [-0.2, 0) is 19.9 Å². The Morgan fingerprint density at radius 1 is 1.26 bits per heavy atom. The molecule has 164 valence electrons. The maximum atomic E-state index is 5.45. The van der Waals surface area contributed by atoms with E-state index in [1.165, 1.54) is 11.1 Å². The van der Waals surface area contributed by atoms with Crippen LogP contribution in [0.3, 0.4) is 0 Å². The van der Waals surface area contributed by atoms with Gasteiger partial charge in [-0.15, -0.1) is 0 Å². The summed E-state index contributed by atoms with van der Waals surface area (Å²) in [5, 5.41) is 7.93. The van der Waals surface area contributed by atoms with Crippen LogP contribution in [0.4, 0.5) is 0 Å². The van der Waals surface area contributed by atoms with Gasteiger partial charge >= 0.3 is 0 Å². The highest BCUT2D eigenvalue weighted by Gasteiger charge is 2.27. The van der Waals surface area contributed by atoms with Crippen molar-refractivity contribution in [2.75, 3.05) is 33.3 Å².